The van der Waals surface area contributed by atoms with Crippen molar-refractivity contribution in [3.8, 4) is 0 Å². The van der Waals surface area contributed by atoms with Crippen LogP contribution in [-0.4, -0.2) is 11.7 Å². The van der Waals surface area contributed by atoms with Gasteiger partial charge in [0, 0.05) is 18.2 Å². The van der Waals surface area contributed by atoms with Crippen LogP contribution in [0.4, 0.5) is 5.69 Å². The number of benzene rings is 1. The lowest BCUT2D eigenvalue weighted by Gasteiger charge is -2.05. The number of hydrogen-bond donors (Lipinski definition) is 3. The van der Waals surface area contributed by atoms with Gasteiger partial charge in [0.1, 0.15) is 5.84 Å². The predicted octanol–water partition coefficient (Wildman–Crippen LogP) is 1.58. The van der Waals surface area contributed by atoms with Crippen molar-refractivity contribution in [2.24, 2.45) is 5.73 Å². The van der Waals surface area contributed by atoms with Crippen molar-refractivity contribution in [1.29, 1.82) is 5.41 Å². The maximum atomic E-state index is 10.7. The topological polar surface area (TPSA) is 79.0 Å². The molecule has 0 aromatic heterocycles. The van der Waals surface area contributed by atoms with E-state index < -0.39 is 0 Å². The van der Waals surface area contributed by atoms with Gasteiger partial charge in [0.15, 0.2) is 0 Å². The number of nitrogens with one attached hydrogen (secondary N) is 2. The Bertz CT molecular complexity index is 390. The molecule has 0 aliphatic carbocycles. The molecule has 0 bridgehead atoms. The van der Waals surface area contributed by atoms with Crippen molar-refractivity contribution in [2.75, 3.05) is 5.32 Å². The summed E-state index contributed by atoms with van der Waals surface area (Å²) in [7, 11) is 0. The van der Waals surface area contributed by atoms with E-state index in [1.165, 1.54) is 6.92 Å². The van der Waals surface area contributed by atoms with Crippen LogP contribution < -0.4 is 11.1 Å². The van der Waals surface area contributed by atoms with E-state index in [1.54, 1.807) is 18.2 Å². The zero-order valence-electron chi connectivity index (χ0n) is 7.60. The SMILES string of the molecule is CC(=O)Nc1ccc(C(=N)N)c(Cl)c1. The number of nitrogens with two attached hydrogens (primary N) is 1. The van der Waals surface area contributed by atoms with Gasteiger partial charge in [-0.1, -0.05) is 11.6 Å². The highest BCUT2D eigenvalue weighted by molar-refractivity contribution is 6.34. The molecule has 0 fully saturated rings. The molecule has 0 atom stereocenters. The second kappa shape index (κ2) is 4.11. The number of amides is 1. The molecule has 4 N–H and O–H groups in total. The van der Waals surface area contributed by atoms with Crippen LogP contribution >= 0.6 is 11.6 Å². The summed E-state index contributed by atoms with van der Waals surface area (Å²) >= 11 is 5.84. The second-order valence-corrected chi connectivity index (χ2v) is 3.20. The molecule has 0 saturated heterocycles. The fourth-order valence-corrected chi connectivity index (χ4v) is 1.30. The molecule has 0 aliphatic rings. The first-order valence-electron chi connectivity index (χ1n) is 3.92. The summed E-state index contributed by atoms with van der Waals surface area (Å²) in [4.78, 5) is 10.7. The Morgan fingerprint density at radius 3 is 2.64 bits per heavy atom. The van der Waals surface area contributed by atoms with Crippen LogP contribution in [0.1, 0.15) is 12.5 Å². The molecule has 1 amide bonds. The number of rotatable bonds is 2. The van der Waals surface area contributed by atoms with Crippen molar-refractivity contribution in [3.05, 3.63) is 28.8 Å². The minimum absolute atomic E-state index is 0.0932. The number of amidine groups is 1. The summed E-state index contributed by atoms with van der Waals surface area (Å²) in [6.07, 6.45) is 0. The Morgan fingerprint density at radius 2 is 2.21 bits per heavy atom. The van der Waals surface area contributed by atoms with Gasteiger partial charge in [-0.05, 0) is 18.2 Å². The molecular formula is C9H10ClN3O. The van der Waals surface area contributed by atoms with E-state index in [2.05, 4.69) is 5.32 Å². The van der Waals surface area contributed by atoms with Crippen molar-refractivity contribution in [2.45, 2.75) is 6.92 Å². The van der Waals surface area contributed by atoms with Crippen molar-refractivity contribution < 1.29 is 4.79 Å². The summed E-state index contributed by atoms with van der Waals surface area (Å²) in [5.41, 5.74) is 6.33. The summed E-state index contributed by atoms with van der Waals surface area (Å²) < 4.78 is 0. The smallest absolute Gasteiger partial charge is 0.221 e. The monoisotopic (exact) mass is 211 g/mol. The van der Waals surface area contributed by atoms with E-state index in [0.717, 1.165) is 0 Å². The molecule has 0 spiro atoms. The number of nitrogen functional groups attached to an aromatic ring is 1. The number of anilines is 1. The Hall–Kier alpha value is -1.55. The van der Waals surface area contributed by atoms with Gasteiger partial charge in [-0.3, -0.25) is 10.2 Å². The molecule has 0 saturated carbocycles. The van der Waals surface area contributed by atoms with Gasteiger partial charge in [0.05, 0.1) is 5.02 Å². The van der Waals surface area contributed by atoms with E-state index >= 15 is 0 Å². The Balaban J connectivity index is 3.00. The van der Waals surface area contributed by atoms with Crippen LogP contribution in [0.3, 0.4) is 0 Å². The summed E-state index contributed by atoms with van der Waals surface area (Å²) in [5, 5.41) is 10.1. The number of halogens is 1. The standard InChI is InChI=1S/C9H10ClN3O/c1-5(14)13-6-2-3-7(9(11)12)8(10)4-6/h2-4H,1H3,(H3,11,12)(H,13,14). The molecule has 0 unspecified atom stereocenters. The van der Waals surface area contributed by atoms with Gasteiger partial charge < -0.3 is 11.1 Å². The van der Waals surface area contributed by atoms with Gasteiger partial charge in [-0.15, -0.1) is 0 Å². The first kappa shape index (κ1) is 10.5. The average molecular weight is 212 g/mol. The van der Waals surface area contributed by atoms with Crippen molar-refractivity contribution >= 4 is 29.0 Å². The Morgan fingerprint density at radius 1 is 1.57 bits per heavy atom. The largest absolute Gasteiger partial charge is 0.384 e. The van der Waals surface area contributed by atoms with E-state index in [1.807, 2.05) is 0 Å². The molecule has 74 valence electrons. The number of hydrogen-bond acceptors (Lipinski definition) is 2. The van der Waals surface area contributed by atoms with Crippen molar-refractivity contribution in [1.82, 2.24) is 0 Å². The maximum Gasteiger partial charge on any atom is 0.221 e. The third-order valence-corrected chi connectivity index (χ3v) is 1.89. The van der Waals surface area contributed by atoms with Gasteiger partial charge in [0.2, 0.25) is 5.91 Å². The van der Waals surface area contributed by atoms with Gasteiger partial charge in [0.25, 0.3) is 0 Å². The summed E-state index contributed by atoms with van der Waals surface area (Å²) in [6.45, 7) is 1.41. The molecule has 0 aliphatic heterocycles. The lowest BCUT2D eigenvalue weighted by atomic mass is 10.2. The first-order valence-corrected chi connectivity index (χ1v) is 4.30. The highest BCUT2D eigenvalue weighted by Crippen LogP contribution is 2.20. The number of carbonyl (C=O) groups is 1. The quantitative estimate of drug-likeness (QED) is 0.513. The Labute approximate surface area is 86.6 Å². The normalized spacial score (nSPS) is 9.57. The van der Waals surface area contributed by atoms with Crippen LogP contribution in [0.15, 0.2) is 18.2 Å². The first-order chi connectivity index (χ1) is 6.50. The van der Waals surface area contributed by atoms with E-state index in [9.17, 15) is 4.79 Å². The fourth-order valence-electron chi connectivity index (χ4n) is 1.01. The molecule has 0 radical (unpaired) electrons. The van der Waals surface area contributed by atoms with E-state index in [4.69, 9.17) is 22.7 Å². The van der Waals surface area contributed by atoms with E-state index in [0.29, 0.717) is 16.3 Å². The zero-order valence-corrected chi connectivity index (χ0v) is 8.35. The van der Waals surface area contributed by atoms with Crippen LogP contribution in [0.25, 0.3) is 0 Å². The fraction of sp³-hybridized carbons (Fsp3) is 0.111. The summed E-state index contributed by atoms with van der Waals surface area (Å²) in [5.74, 6) is -0.263. The van der Waals surface area contributed by atoms with Crippen LogP contribution in [0.2, 0.25) is 5.02 Å². The molecule has 5 heteroatoms. The lowest BCUT2D eigenvalue weighted by molar-refractivity contribution is -0.114. The van der Waals surface area contributed by atoms with Crippen LogP contribution in [0, 0.1) is 5.41 Å². The van der Waals surface area contributed by atoms with Crippen LogP contribution in [0.5, 0.6) is 0 Å². The van der Waals surface area contributed by atoms with Crippen molar-refractivity contribution in [3.63, 3.8) is 0 Å². The lowest BCUT2D eigenvalue weighted by Crippen LogP contribution is -2.12. The van der Waals surface area contributed by atoms with Gasteiger partial charge >= 0.3 is 0 Å². The molecule has 14 heavy (non-hydrogen) atoms. The van der Waals surface area contributed by atoms with E-state index in [-0.39, 0.29) is 11.7 Å². The van der Waals surface area contributed by atoms with Gasteiger partial charge in [-0.25, -0.2) is 0 Å². The minimum Gasteiger partial charge on any atom is -0.384 e. The molecule has 4 nitrogen and oxygen atoms in total. The minimum atomic E-state index is -0.170. The maximum absolute atomic E-state index is 10.7. The molecule has 1 rings (SSSR count). The number of carbonyl (C=O) groups excluding carboxylic acids is 1. The molecule has 1 aromatic rings. The Kier molecular flexibility index (Phi) is 3.09. The highest BCUT2D eigenvalue weighted by atomic mass is 35.5. The third kappa shape index (κ3) is 2.47. The molecule has 1 aromatic carbocycles. The highest BCUT2D eigenvalue weighted by Gasteiger charge is 2.04. The predicted molar refractivity (Wildman–Crippen MR) is 56.8 cm³/mol. The van der Waals surface area contributed by atoms with Crippen LogP contribution in [-0.2, 0) is 4.79 Å². The molecule has 0 heterocycles. The second-order valence-electron chi connectivity index (χ2n) is 2.79. The average Bonchev–Trinajstić information content (AvgIpc) is 2.01. The molecular weight excluding hydrogens is 202 g/mol. The van der Waals surface area contributed by atoms with Gasteiger partial charge in [-0.2, -0.15) is 0 Å². The summed E-state index contributed by atoms with van der Waals surface area (Å²) in [6, 6.07) is 4.79. The zero-order chi connectivity index (χ0) is 10.7. The third-order valence-electron chi connectivity index (χ3n) is 1.58.